The SMILES string of the molecule is COc1cccc([C@@H]2C[C@@H](O)CN2Cc2cnc(N(C)C)nc2)c1. The second kappa shape index (κ2) is 7.15. The van der Waals surface area contributed by atoms with E-state index in [9.17, 15) is 5.11 Å². The Kier molecular flexibility index (Phi) is 4.97. The van der Waals surface area contributed by atoms with Gasteiger partial charge in [0.05, 0.1) is 13.2 Å². The Morgan fingerprint density at radius 2 is 2.04 bits per heavy atom. The number of benzene rings is 1. The van der Waals surface area contributed by atoms with Crippen molar-refractivity contribution in [3.8, 4) is 5.75 Å². The molecular weight excluding hydrogens is 304 g/mol. The third kappa shape index (κ3) is 3.66. The van der Waals surface area contributed by atoms with Gasteiger partial charge in [-0.15, -0.1) is 0 Å². The van der Waals surface area contributed by atoms with E-state index in [4.69, 9.17) is 4.74 Å². The van der Waals surface area contributed by atoms with Crippen molar-refractivity contribution >= 4 is 5.95 Å². The zero-order valence-electron chi connectivity index (χ0n) is 14.4. The molecule has 2 atom stereocenters. The summed E-state index contributed by atoms with van der Waals surface area (Å²) in [6, 6.07) is 8.23. The van der Waals surface area contributed by atoms with Gasteiger partial charge in [-0.05, 0) is 24.1 Å². The van der Waals surface area contributed by atoms with Crippen molar-refractivity contribution in [3.63, 3.8) is 0 Å². The van der Waals surface area contributed by atoms with E-state index >= 15 is 0 Å². The Morgan fingerprint density at radius 3 is 2.71 bits per heavy atom. The number of methoxy groups -OCH3 is 1. The second-order valence-corrected chi connectivity index (χ2v) is 6.40. The summed E-state index contributed by atoms with van der Waals surface area (Å²) >= 11 is 0. The molecule has 1 N–H and O–H groups in total. The molecule has 3 rings (SSSR count). The van der Waals surface area contributed by atoms with Gasteiger partial charge in [0, 0.05) is 51.2 Å². The van der Waals surface area contributed by atoms with Crippen LogP contribution in [-0.4, -0.2) is 53.8 Å². The first-order chi connectivity index (χ1) is 11.6. The maximum atomic E-state index is 10.1. The number of aliphatic hydroxyl groups excluding tert-OH is 1. The Hall–Kier alpha value is -2.18. The van der Waals surface area contributed by atoms with Gasteiger partial charge in [-0.2, -0.15) is 0 Å². The zero-order chi connectivity index (χ0) is 17.1. The van der Waals surface area contributed by atoms with Crippen LogP contribution in [0.1, 0.15) is 23.6 Å². The lowest BCUT2D eigenvalue weighted by Gasteiger charge is -2.24. The molecule has 0 saturated carbocycles. The van der Waals surface area contributed by atoms with Crippen LogP contribution < -0.4 is 9.64 Å². The highest BCUT2D eigenvalue weighted by atomic mass is 16.5. The van der Waals surface area contributed by atoms with Crippen molar-refractivity contribution < 1.29 is 9.84 Å². The minimum atomic E-state index is -0.317. The van der Waals surface area contributed by atoms with Gasteiger partial charge in [0.15, 0.2) is 0 Å². The van der Waals surface area contributed by atoms with E-state index in [2.05, 4.69) is 20.9 Å². The zero-order valence-corrected chi connectivity index (χ0v) is 14.4. The molecule has 0 amide bonds. The summed E-state index contributed by atoms with van der Waals surface area (Å²) in [4.78, 5) is 12.9. The predicted molar refractivity (Wildman–Crippen MR) is 93.1 cm³/mol. The van der Waals surface area contributed by atoms with Crippen molar-refractivity contribution in [1.82, 2.24) is 14.9 Å². The first-order valence-corrected chi connectivity index (χ1v) is 8.11. The summed E-state index contributed by atoms with van der Waals surface area (Å²) in [6.07, 6.45) is 4.12. The predicted octanol–water partition coefficient (Wildman–Crippen LogP) is 1.86. The molecule has 128 valence electrons. The number of hydrogen-bond acceptors (Lipinski definition) is 6. The van der Waals surface area contributed by atoms with E-state index in [1.807, 2.05) is 49.6 Å². The quantitative estimate of drug-likeness (QED) is 0.904. The third-order valence-electron chi connectivity index (χ3n) is 4.34. The molecule has 0 bridgehead atoms. The molecule has 1 aliphatic rings. The standard InChI is InChI=1S/C18H24N4O2/c1-21(2)18-19-9-13(10-20-18)11-22-12-15(23)8-17(22)14-5-4-6-16(7-14)24-3/h4-7,9-10,15,17,23H,8,11-12H2,1-3H3/t15-,17+/m1/s1. The lowest BCUT2D eigenvalue weighted by Crippen LogP contribution is -2.24. The largest absolute Gasteiger partial charge is 0.497 e. The number of rotatable bonds is 5. The van der Waals surface area contributed by atoms with Crippen LogP contribution in [0.15, 0.2) is 36.7 Å². The molecular formula is C18H24N4O2. The van der Waals surface area contributed by atoms with Crippen LogP contribution in [0.4, 0.5) is 5.95 Å². The van der Waals surface area contributed by atoms with E-state index < -0.39 is 0 Å². The molecule has 1 aromatic heterocycles. The van der Waals surface area contributed by atoms with E-state index in [-0.39, 0.29) is 12.1 Å². The van der Waals surface area contributed by atoms with Gasteiger partial charge in [-0.3, -0.25) is 4.90 Å². The summed E-state index contributed by atoms with van der Waals surface area (Å²) in [6.45, 7) is 1.37. The monoisotopic (exact) mass is 328 g/mol. The fourth-order valence-electron chi connectivity index (χ4n) is 3.14. The van der Waals surface area contributed by atoms with Gasteiger partial charge in [0.1, 0.15) is 5.75 Å². The molecule has 6 heteroatoms. The number of β-amino-alcohol motifs (C(OH)–C–C–N with tert-alkyl or cyclic N) is 1. The minimum absolute atomic E-state index is 0.170. The number of ether oxygens (including phenoxy) is 1. The first kappa shape index (κ1) is 16.7. The van der Waals surface area contributed by atoms with Crippen LogP contribution in [0.3, 0.4) is 0 Å². The molecule has 1 fully saturated rings. The average Bonchev–Trinajstić information content (AvgIpc) is 2.96. The topological polar surface area (TPSA) is 61.7 Å². The highest BCUT2D eigenvalue weighted by molar-refractivity contribution is 5.32. The van der Waals surface area contributed by atoms with E-state index in [0.29, 0.717) is 19.0 Å². The van der Waals surface area contributed by atoms with Crippen LogP contribution in [0.25, 0.3) is 0 Å². The molecule has 0 spiro atoms. The number of aliphatic hydroxyl groups is 1. The van der Waals surface area contributed by atoms with E-state index in [1.165, 1.54) is 0 Å². The maximum Gasteiger partial charge on any atom is 0.224 e. The summed E-state index contributed by atoms with van der Waals surface area (Å²) < 4.78 is 5.32. The fraction of sp³-hybridized carbons (Fsp3) is 0.444. The van der Waals surface area contributed by atoms with Crippen LogP contribution in [0, 0.1) is 0 Å². The van der Waals surface area contributed by atoms with Gasteiger partial charge >= 0.3 is 0 Å². The average molecular weight is 328 g/mol. The van der Waals surface area contributed by atoms with Crippen LogP contribution >= 0.6 is 0 Å². The van der Waals surface area contributed by atoms with Crippen molar-refractivity contribution in [3.05, 3.63) is 47.8 Å². The number of likely N-dealkylation sites (tertiary alicyclic amines) is 1. The van der Waals surface area contributed by atoms with Gasteiger partial charge in [0.25, 0.3) is 0 Å². The minimum Gasteiger partial charge on any atom is -0.497 e. The first-order valence-electron chi connectivity index (χ1n) is 8.11. The van der Waals surface area contributed by atoms with Crippen LogP contribution in [0.5, 0.6) is 5.75 Å². The molecule has 1 saturated heterocycles. The lowest BCUT2D eigenvalue weighted by molar-refractivity contribution is 0.172. The Labute approximate surface area is 142 Å². The van der Waals surface area contributed by atoms with Gasteiger partial charge in [0.2, 0.25) is 5.95 Å². The molecule has 2 aromatic rings. The number of aromatic nitrogens is 2. The summed E-state index contributed by atoms with van der Waals surface area (Å²) in [5.41, 5.74) is 2.21. The van der Waals surface area contributed by atoms with Crippen LogP contribution in [-0.2, 0) is 6.54 Å². The van der Waals surface area contributed by atoms with Crippen LogP contribution in [0.2, 0.25) is 0 Å². The van der Waals surface area contributed by atoms with Gasteiger partial charge in [-0.1, -0.05) is 12.1 Å². The molecule has 1 aromatic carbocycles. The molecule has 6 nitrogen and oxygen atoms in total. The molecule has 0 radical (unpaired) electrons. The summed E-state index contributed by atoms with van der Waals surface area (Å²) in [7, 11) is 5.51. The van der Waals surface area contributed by atoms with E-state index in [0.717, 1.165) is 23.3 Å². The molecule has 24 heavy (non-hydrogen) atoms. The van der Waals surface area contributed by atoms with Gasteiger partial charge < -0.3 is 14.7 Å². The second-order valence-electron chi connectivity index (χ2n) is 6.40. The van der Waals surface area contributed by atoms with Crippen molar-refractivity contribution in [2.24, 2.45) is 0 Å². The Balaban J connectivity index is 1.77. The molecule has 0 aliphatic carbocycles. The number of anilines is 1. The number of nitrogens with zero attached hydrogens (tertiary/aromatic N) is 4. The van der Waals surface area contributed by atoms with Crippen molar-refractivity contribution in [2.75, 3.05) is 32.6 Å². The summed E-state index contributed by atoms with van der Waals surface area (Å²) in [5.74, 6) is 1.54. The molecule has 2 heterocycles. The normalized spacial score (nSPS) is 21.0. The highest BCUT2D eigenvalue weighted by Gasteiger charge is 2.32. The van der Waals surface area contributed by atoms with Gasteiger partial charge in [-0.25, -0.2) is 9.97 Å². The Bertz CT molecular complexity index is 675. The maximum absolute atomic E-state index is 10.1. The van der Waals surface area contributed by atoms with Crippen molar-refractivity contribution in [2.45, 2.75) is 25.1 Å². The highest BCUT2D eigenvalue weighted by Crippen LogP contribution is 2.34. The molecule has 1 aliphatic heterocycles. The molecule has 0 unspecified atom stereocenters. The number of hydrogen-bond donors (Lipinski definition) is 1. The fourth-order valence-corrected chi connectivity index (χ4v) is 3.14. The summed E-state index contributed by atoms with van der Waals surface area (Å²) in [5, 5.41) is 10.1. The lowest BCUT2D eigenvalue weighted by atomic mass is 10.0. The van der Waals surface area contributed by atoms with Crippen molar-refractivity contribution in [1.29, 1.82) is 0 Å². The smallest absolute Gasteiger partial charge is 0.224 e. The third-order valence-corrected chi connectivity index (χ3v) is 4.34. The Morgan fingerprint density at radius 1 is 1.29 bits per heavy atom. The van der Waals surface area contributed by atoms with E-state index in [1.54, 1.807) is 7.11 Å².